The zero-order chi connectivity index (χ0) is 59.5. The lowest BCUT2D eigenvalue weighted by Crippen LogP contribution is -2.60. The summed E-state index contributed by atoms with van der Waals surface area (Å²) in [6.45, 7) is 10.6. The Balaban J connectivity index is 0.000000120. The minimum Gasteiger partial charge on any atom is -0.423 e. The third kappa shape index (κ3) is 10.2. The van der Waals surface area contributed by atoms with Crippen LogP contribution >= 0.6 is 0 Å². The Kier molecular flexibility index (Phi) is 14.5. The van der Waals surface area contributed by atoms with Gasteiger partial charge in [-0.1, -0.05) is 127 Å². The van der Waals surface area contributed by atoms with Crippen LogP contribution in [0.4, 0.5) is 17.7 Å². The van der Waals surface area contributed by atoms with Crippen LogP contribution in [0.5, 0.6) is 0 Å². The summed E-state index contributed by atoms with van der Waals surface area (Å²) in [7, 11) is 12.6. The zero-order valence-corrected chi connectivity index (χ0v) is 50.6. The highest BCUT2D eigenvalue weighted by atomic mass is 16.4. The topological polar surface area (TPSA) is 99.5 Å². The van der Waals surface area contributed by atoms with E-state index in [1.54, 1.807) is 0 Å². The number of hydrogen-bond acceptors (Lipinski definition) is 9. The van der Waals surface area contributed by atoms with Gasteiger partial charge in [0.15, 0.2) is 53.0 Å². The molecule has 12 nitrogen and oxygen atoms in total. The molecule has 3 aromatic carbocycles. The van der Waals surface area contributed by atoms with E-state index in [1.807, 2.05) is 45.0 Å². The average Bonchev–Trinajstić information content (AvgIpc) is 1.78. The Bertz CT molecular complexity index is 4670. The van der Waals surface area contributed by atoms with E-state index in [9.17, 15) is 0 Å². The van der Waals surface area contributed by atoms with Crippen molar-refractivity contribution in [2.75, 3.05) is 35.6 Å². The van der Waals surface area contributed by atoms with Gasteiger partial charge in [-0.25, -0.2) is 28.7 Å². The Hall–Kier alpha value is -10.0. The molecule has 420 valence electrons. The number of anilines is 3. The number of rotatable bonds is 6. The monoisotopic (exact) mass is 1130 g/mol. The molecule has 9 aromatic heterocycles. The number of fused-ring (bicyclic) bond motifs is 9. The van der Waals surface area contributed by atoms with E-state index >= 15 is 0 Å². The quantitative estimate of drug-likeness (QED) is 0.119. The second kappa shape index (κ2) is 22.5. The molecule has 0 bridgehead atoms. The SMILES string of the molecule is Cc1ccc2c3c(oc2n1)N(C)B(c1cc(-c2ccccc2)c(C)c[n+]1C)C=C3.Cc1ccc2c3c(oc2n1)N(C)B(c1cc(-c2ccccc2)cc[n+]1C)C=C3.Cc1ccc2c3c(oc2n1)N(C)B(c1cc(C)c(-c2ccccc2)c[n+]1C)C=C3. The van der Waals surface area contributed by atoms with Crippen molar-refractivity contribution in [3.8, 4) is 33.4 Å². The first kappa shape index (κ1) is 55.2. The second-order valence-corrected chi connectivity index (χ2v) is 23.0. The van der Waals surface area contributed by atoms with E-state index in [0.717, 1.165) is 67.6 Å². The van der Waals surface area contributed by atoms with Gasteiger partial charge in [0.05, 0.1) is 0 Å². The molecule has 12 aromatic rings. The van der Waals surface area contributed by atoms with Crippen LogP contribution in [-0.2, 0) is 21.1 Å². The lowest BCUT2D eigenvalue weighted by atomic mass is 9.55. The number of aryl methyl sites for hydroxylation is 8. The van der Waals surface area contributed by atoms with Crippen LogP contribution in [0.25, 0.3) is 84.9 Å². The molecule has 0 N–H and O–H groups in total. The predicted octanol–water partition coefficient (Wildman–Crippen LogP) is 11.2. The Labute approximate surface area is 503 Å². The lowest BCUT2D eigenvalue weighted by molar-refractivity contribution is -0.654. The highest BCUT2D eigenvalue weighted by Gasteiger charge is 2.39. The van der Waals surface area contributed by atoms with Crippen LogP contribution in [0.2, 0.25) is 0 Å². The third-order valence-electron chi connectivity index (χ3n) is 17.1. The summed E-state index contributed by atoms with van der Waals surface area (Å²) in [4.78, 5) is 20.3. The summed E-state index contributed by atoms with van der Waals surface area (Å²) in [6.07, 6.45) is 13.1. The van der Waals surface area contributed by atoms with Gasteiger partial charge in [0.2, 0.25) is 17.1 Å². The summed E-state index contributed by atoms with van der Waals surface area (Å²) in [5.41, 5.74) is 21.9. The van der Waals surface area contributed by atoms with Gasteiger partial charge in [-0.3, -0.25) is 0 Å². The summed E-state index contributed by atoms with van der Waals surface area (Å²) < 4.78 is 25.1. The smallest absolute Gasteiger partial charge is 0.398 e. The van der Waals surface area contributed by atoms with Gasteiger partial charge < -0.3 is 27.7 Å². The Morgan fingerprint density at radius 2 is 0.756 bits per heavy atom. The minimum absolute atomic E-state index is 0.0808. The van der Waals surface area contributed by atoms with Gasteiger partial charge in [0, 0.05) is 85.3 Å². The molecule has 0 unspecified atom stereocenters. The molecule has 0 aliphatic carbocycles. The van der Waals surface area contributed by atoms with Crippen molar-refractivity contribution >= 4 is 107 Å². The van der Waals surface area contributed by atoms with Crippen molar-refractivity contribution in [2.45, 2.75) is 34.6 Å². The van der Waals surface area contributed by atoms with E-state index in [4.69, 9.17) is 13.3 Å². The fraction of sp³-hybridized carbons (Fsp3) is 0.155. The molecule has 15 rings (SSSR count). The Morgan fingerprint density at radius 1 is 0.372 bits per heavy atom. The van der Waals surface area contributed by atoms with E-state index < -0.39 is 0 Å². The van der Waals surface area contributed by atoms with Crippen molar-refractivity contribution in [3.63, 3.8) is 0 Å². The average molecular weight is 1130 g/mol. The molecule has 0 amide bonds. The first-order valence-electron chi connectivity index (χ1n) is 29.3. The molecule has 0 atom stereocenters. The number of pyridine rings is 6. The molecule has 15 heteroatoms. The van der Waals surface area contributed by atoms with E-state index in [1.165, 1.54) is 61.3 Å². The van der Waals surface area contributed by atoms with Crippen molar-refractivity contribution < 1.29 is 27.0 Å². The number of furan rings is 3. The highest BCUT2D eigenvalue weighted by Crippen LogP contribution is 2.39. The van der Waals surface area contributed by atoms with Gasteiger partial charge in [0.25, 0.3) is 0 Å². The molecule has 3 aliphatic rings. The zero-order valence-electron chi connectivity index (χ0n) is 50.6. The lowest BCUT2D eigenvalue weighted by Gasteiger charge is -2.25. The second-order valence-electron chi connectivity index (χ2n) is 23.0. The largest absolute Gasteiger partial charge is 0.423 e. The van der Waals surface area contributed by atoms with Crippen LogP contribution in [0.1, 0.15) is 44.9 Å². The normalized spacial score (nSPS) is 13.2. The fourth-order valence-electron chi connectivity index (χ4n) is 12.4. The molecule has 3 aliphatic heterocycles. The van der Waals surface area contributed by atoms with Crippen LogP contribution in [0, 0.1) is 34.6 Å². The van der Waals surface area contributed by atoms with Crippen molar-refractivity contribution in [2.24, 2.45) is 21.1 Å². The van der Waals surface area contributed by atoms with Crippen LogP contribution in [0.15, 0.2) is 201 Å². The molecule has 12 heterocycles. The molecular weight excluding hydrogens is 1060 g/mol. The minimum atomic E-state index is 0.0808. The summed E-state index contributed by atoms with van der Waals surface area (Å²) in [5.74, 6) is 9.33. The predicted molar refractivity (Wildman–Crippen MR) is 353 cm³/mol. The maximum absolute atomic E-state index is 6.17. The van der Waals surface area contributed by atoms with Crippen LogP contribution in [0.3, 0.4) is 0 Å². The number of aromatic nitrogens is 6. The molecule has 86 heavy (non-hydrogen) atoms. The molecular formula is C71H67B3N9O3+3. The molecule has 0 spiro atoms. The van der Waals surface area contributed by atoms with E-state index in [0.29, 0.717) is 17.1 Å². The van der Waals surface area contributed by atoms with Gasteiger partial charge >= 0.3 is 20.5 Å². The van der Waals surface area contributed by atoms with Crippen molar-refractivity contribution in [3.05, 3.63) is 233 Å². The molecule has 0 fully saturated rings. The standard InChI is InChI=1S/2C24H23BN3O.C23H21BN3O/c1-16-15-27(3)22(14-21(16)18-8-6-5-7-9-18)25-13-12-20-19-11-10-17(2)26-23(19)29-24(20)28(25)4;1-16-14-22(27(3)15-21(16)18-8-6-5-7-9-18)25-13-12-20-19-11-10-17(2)26-23(19)29-24(20)28(25)4;1-16-9-10-19-20-11-13-24(27(3)23(20)28-22(19)25-16)21-15-18(12-14-26(21)2)17-7-5-4-6-8-17/h2*5-15H,1-4H3;4-15H,1-3H3/q3*+1. The van der Waals surface area contributed by atoms with Gasteiger partial charge in [0.1, 0.15) is 21.1 Å². The van der Waals surface area contributed by atoms with Crippen LogP contribution in [-0.4, -0.2) is 56.6 Å². The van der Waals surface area contributed by atoms with Gasteiger partial charge in [-0.05, 0) is 126 Å². The molecule has 0 saturated carbocycles. The maximum Gasteiger partial charge on any atom is 0.398 e. The van der Waals surface area contributed by atoms with E-state index in [-0.39, 0.29) is 20.5 Å². The maximum atomic E-state index is 6.17. The van der Waals surface area contributed by atoms with Gasteiger partial charge in [-0.2, -0.15) is 0 Å². The van der Waals surface area contributed by atoms with Crippen molar-refractivity contribution in [1.29, 1.82) is 0 Å². The highest BCUT2D eigenvalue weighted by molar-refractivity contribution is 6.82. The third-order valence-corrected chi connectivity index (χ3v) is 17.1. The summed E-state index contributed by atoms with van der Waals surface area (Å²) in [5, 5.41) is 3.18. The van der Waals surface area contributed by atoms with Crippen LogP contribution < -0.4 is 44.9 Å². The number of hydrogen-bond donors (Lipinski definition) is 0. The molecule has 0 radical (unpaired) electrons. The molecule has 0 saturated heterocycles. The van der Waals surface area contributed by atoms with Gasteiger partial charge in [-0.15, -0.1) is 0 Å². The summed E-state index contributed by atoms with van der Waals surface area (Å²) in [6, 6.07) is 52.9. The number of nitrogens with zero attached hydrogens (tertiary/aromatic N) is 9. The van der Waals surface area contributed by atoms with E-state index in [2.05, 4.69) is 281 Å². The Morgan fingerprint density at radius 3 is 1.20 bits per heavy atom. The fourth-order valence-corrected chi connectivity index (χ4v) is 12.4. The number of benzene rings is 3. The summed E-state index contributed by atoms with van der Waals surface area (Å²) >= 11 is 0. The van der Waals surface area contributed by atoms with Crippen molar-refractivity contribution in [1.82, 2.24) is 15.0 Å². The first-order chi connectivity index (χ1) is 41.7. The first-order valence-corrected chi connectivity index (χ1v) is 29.3.